The van der Waals surface area contributed by atoms with E-state index in [4.69, 9.17) is 27.4 Å². The zero-order chi connectivity index (χ0) is 34.5. The molecule has 10 heteroatoms. The third-order valence-corrected chi connectivity index (χ3v) is 9.11. The molecule has 3 aromatic carbocycles. The van der Waals surface area contributed by atoms with Crippen molar-refractivity contribution in [3.8, 4) is 33.8 Å². The summed E-state index contributed by atoms with van der Waals surface area (Å²) in [6.45, 7) is 8.57. The molecule has 3 heterocycles. The van der Waals surface area contributed by atoms with E-state index >= 15 is 0 Å². The molecule has 0 fully saturated rings. The van der Waals surface area contributed by atoms with Crippen molar-refractivity contribution in [2.75, 3.05) is 18.8 Å². The molecule has 6 aromatic rings. The molecule has 0 aliphatic heterocycles. The molecular weight excluding hydrogens is 610 g/mol. The van der Waals surface area contributed by atoms with Crippen LogP contribution in [0.1, 0.15) is 67.4 Å². The lowest BCUT2D eigenvalue weighted by Crippen LogP contribution is -2.28. The Morgan fingerprint density at radius 3 is 2.10 bits per heavy atom. The van der Waals surface area contributed by atoms with Crippen LogP contribution in [0, 0.1) is 6.92 Å². The lowest BCUT2D eigenvalue weighted by atomic mass is 9.97. The molecule has 3 aromatic heterocycles. The third kappa shape index (κ3) is 6.75. The number of aromatic nitrogens is 6. The molecule has 0 atom stereocenters. The van der Waals surface area contributed by atoms with Crippen molar-refractivity contribution >= 4 is 22.6 Å². The summed E-state index contributed by atoms with van der Waals surface area (Å²) in [7, 11) is 0. The predicted molar refractivity (Wildman–Crippen MR) is 197 cm³/mol. The van der Waals surface area contributed by atoms with Gasteiger partial charge in [-0.15, -0.1) is 0 Å². The number of carbonyl (C=O) groups excluding carboxylic acids is 1. The molecule has 0 bridgehead atoms. The number of hydrogen-bond acceptors (Lipinski definition) is 8. The number of carbonyl (C=O) groups is 1. The van der Waals surface area contributed by atoms with Gasteiger partial charge in [0.15, 0.2) is 11.4 Å². The molecule has 0 radical (unpaired) electrons. The number of ketones is 1. The molecule has 10 nitrogen and oxygen atoms in total. The summed E-state index contributed by atoms with van der Waals surface area (Å²) in [6, 6.07) is 26.0. The molecule has 49 heavy (non-hydrogen) atoms. The molecular formula is C39H45N9O. The Morgan fingerprint density at radius 1 is 0.735 bits per heavy atom. The standard InChI is InChI=1S/C20H19N3O.C19H26N6/c21-12-6-7-13-23-19-15-10-4-5-11-16(15)20(24)17(19)18(22-23)14-8-2-1-3-9-14;1-13-6-8-14(9-7-13)16-15-17(21)22-12-23-18(15)25(24-16)19(2,3)10-4-5-11-20/h1-5,8-11H,6-7,12-13,21H2;6-9,12H,4-5,10-11,20H2,1-3H3,(H2,21,22,23). The van der Waals surface area contributed by atoms with Crippen molar-refractivity contribution in [1.82, 2.24) is 29.5 Å². The highest BCUT2D eigenvalue weighted by atomic mass is 16.1. The Labute approximate surface area is 287 Å². The highest BCUT2D eigenvalue weighted by Gasteiger charge is 2.34. The van der Waals surface area contributed by atoms with Crippen LogP contribution in [0.2, 0.25) is 0 Å². The van der Waals surface area contributed by atoms with E-state index in [1.807, 2.05) is 64.0 Å². The van der Waals surface area contributed by atoms with Crippen molar-refractivity contribution in [2.24, 2.45) is 11.5 Å². The van der Waals surface area contributed by atoms with E-state index in [0.29, 0.717) is 18.9 Å². The maximum Gasteiger partial charge on any atom is 0.198 e. The Hall–Kier alpha value is -5.19. The summed E-state index contributed by atoms with van der Waals surface area (Å²) in [4.78, 5) is 21.6. The van der Waals surface area contributed by atoms with Crippen LogP contribution < -0.4 is 17.2 Å². The number of fused-ring (bicyclic) bond motifs is 4. The summed E-state index contributed by atoms with van der Waals surface area (Å²) >= 11 is 0. The van der Waals surface area contributed by atoms with Crippen LogP contribution in [0.5, 0.6) is 0 Å². The zero-order valence-electron chi connectivity index (χ0n) is 28.6. The van der Waals surface area contributed by atoms with Crippen LogP contribution in [0.4, 0.5) is 5.82 Å². The van der Waals surface area contributed by atoms with E-state index in [2.05, 4.69) is 55.0 Å². The number of rotatable bonds is 11. The topological polar surface area (TPSA) is 157 Å². The van der Waals surface area contributed by atoms with Gasteiger partial charge in [0.05, 0.1) is 22.2 Å². The van der Waals surface area contributed by atoms with Gasteiger partial charge in [0.1, 0.15) is 23.5 Å². The van der Waals surface area contributed by atoms with Gasteiger partial charge in [-0.2, -0.15) is 10.2 Å². The summed E-state index contributed by atoms with van der Waals surface area (Å²) < 4.78 is 3.98. The van der Waals surface area contributed by atoms with Gasteiger partial charge in [0, 0.05) is 28.8 Å². The van der Waals surface area contributed by atoms with Gasteiger partial charge in [-0.3, -0.25) is 9.48 Å². The molecule has 0 saturated heterocycles. The number of aryl methyl sites for hydroxylation is 2. The van der Waals surface area contributed by atoms with E-state index in [1.54, 1.807) is 0 Å². The highest BCUT2D eigenvalue weighted by Crippen LogP contribution is 2.41. The maximum atomic E-state index is 13.0. The monoisotopic (exact) mass is 655 g/mol. The van der Waals surface area contributed by atoms with E-state index in [0.717, 1.165) is 94.6 Å². The van der Waals surface area contributed by atoms with Crippen molar-refractivity contribution < 1.29 is 4.79 Å². The number of hydrogen-bond donors (Lipinski definition) is 3. The van der Waals surface area contributed by atoms with Gasteiger partial charge in [-0.1, -0.05) is 84.4 Å². The molecule has 0 unspecified atom stereocenters. The summed E-state index contributed by atoms with van der Waals surface area (Å²) in [5.41, 5.74) is 26.3. The lowest BCUT2D eigenvalue weighted by Gasteiger charge is -2.25. The quantitative estimate of drug-likeness (QED) is 0.129. The van der Waals surface area contributed by atoms with E-state index in [1.165, 1.54) is 11.9 Å². The third-order valence-electron chi connectivity index (χ3n) is 9.11. The second-order valence-corrected chi connectivity index (χ2v) is 13.2. The minimum atomic E-state index is -0.183. The van der Waals surface area contributed by atoms with Crippen molar-refractivity contribution in [1.29, 1.82) is 0 Å². The highest BCUT2D eigenvalue weighted by molar-refractivity contribution is 6.23. The van der Waals surface area contributed by atoms with Crippen molar-refractivity contribution in [2.45, 2.75) is 65.0 Å². The number of benzene rings is 3. The van der Waals surface area contributed by atoms with Gasteiger partial charge in [-0.05, 0) is 66.0 Å². The Kier molecular flexibility index (Phi) is 9.98. The fourth-order valence-corrected chi connectivity index (χ4v) is 6.46. The number of anilines is 1. The SMILES string of the molecule is Cc1ccc(-c2nn(C(C)(C)CCCCN)c3ncnc(N)c23)cc1.NCCCCn1nc(-c2ccccc2)c2c1-c1ccccc1C2=O. The van der Waals surface area contributed by atoms with E-state index in [-0.39, 0.29) is 11.3 Å². The largest absolute Gasteiger partial charge is 0.383 e. The number of unbranched alkanes of at least 4 members (excludes halogenated alkanes) is 2. The summed E-state index contributed by atoms with van der Waals surface area (Å²) in [5, 5.41) is 10.5. The van der Waals surface area contributed by atoms with Crippen LogP contribution in [0.25, 0.3) is 44.8 Å². The van der Waals surface area contributed by atoms with Gasteiger partial charge in [0.25, 0.3) is 0 Å². The molecule has 252 valence electrons. The fourth-order valence-electron chi connectivity index (χ4n) is 6.46. The summed E-state index contributed by atoms with van der Waals surface area (Å²) in [6.07, 6.45) is 6.43. The molecule has 1 aliphatic carbocycles. The number of nitrogen functional groups attached to an aromatic ring is 1. The molecule has 6 N–H and O–H groups in total. The minimum absolute atomic E-state index is 0.0736. The number of nitrogens with two attached hydrogens (primary N) is 3. The first-order valence-electron chi connectivity index (χ1n) is 17.0. The molecule has 0 amide bonds. The second kappa shape index (κ2) is 14.5. The first kappa shape index (κ1) is 33.7. The molecule has 0 spiro atoms. The molecule has 7 rings (SSSR count). The van der Waals surface area contributed by atoms with Crippen molar-refractivity contribution in [3.05, 3.63) is 102 Å². The number of nitrogens with zero attached hydrogens (tertiary/aromatic N) is 6. The summed E-state index contributed by atoms with van der Waals surface area (Å²) in [5.74, 6) is 0.536. The van der Waals surface area contributed by atoms with Crippen LogP contribution in [-0.4, -0.2) is 48.4 Å². The second-order valence-electron chi connectivity index (χ2n) is 13.2. The zero-order valence-corrected chi connectivity index (χ0v) is 28.6. The van der Waals surface area contributed by atoms with Crippen LogP contribution in [0.3, 0.4) is 0 Å². The van der Waals surface area contributed by atoms with Crippen molar-refractivity contribution in [3.63, 3.8) is 0 Å². The van der Waals surface area contributed by atoms with Crippen LogP contribution in [0.15, 0.2) is 85.2 Å². The minimum Gasteiger partial charge on any atom is -0.383 e. The molecule has 1 aliphatic rings. The molecule has 0 saturated carbocycles. The maximum absolute atomic E-state index is 13.0. The Balaban J connectivity index is 0.000000170. The smallest absolute Gasteiger partial charge is 0.198 e. The van der Waals surface area contributed by atoms with E-state index in [9.17, 15) is 4.79 Å². The van der Waals surface area contributed by atoms with Crippen LogP contribution in [-0.2, 0) is 12.1 Å². The predicted octanol–water partition coefficient (Wildman–Crippen LogP) is 6.75. The first-order valence-corrected chi connectivity index (χ1v) is 17.0. The first-order chi connectivity index (χ1) is 23.7. The normalized spacial score (nSPS) is 12.1. The average molecular weight is 656 g/mol. The van der Waals surface area contributed by atoms with Gasteiger partial charge in [-0.25, -0.2) is 14.6 Å². The Bertz CT molecular complexity index is 2060. The fraction of sp³-hybridized carbons (Fsp3) is 0.308. The average Bonchev–Trinajstić information content (AvgIpc) is 3.78. The van der Waals surface area contributed by atoms with Gasteiger partial charge >= 0.3 is 0 Å². The van der Waals surface area contributed by atoms with Gasteiger partial charge < -0.3 is 17.2 Å². The lowest BCUT2D eigenvalue weighted by molar-refractivity contribution is 0.104. The van der Waals surface area contributed by atoms with E-state index < -0.39 is 0 Å². The van der Waals surface area contributed by atoms with Gasteiger partial charge in [0.2, 0.25) is 0 Å². The Morgan fingerprint density at radius 2 is 1.39 bits per heavy atom. The van der Waals surface area contributed by atoms with Crippen LogP contribution >= 0.6 is 0 Å².